The van der Waals surface area contributed by atoms with Crippen LogP contribution in [0.1, 0.15) is 22.3 Å². The molecule has 0 saturated carbocycles. The lowest BCUT2D eigenvalue weighted by molar-refractivity contribution is 0.200. The summed E-state index contributed by atoms with van der Waals surface area (Å²) in [5.74, 6) is 0.847. The van der Waals surface area contributed by atoms with Gasteiger partial charge in [0.1, 0.15) is 12.4 Å². The van der Waals surface area contributed by atoms with Crippen molar-refractivity contribution in [1.82, 2.24) is 0 Å². The zero-order valence-corrected chi connectivity index (χ0v) is 15.9. The zero-order valence-electron chi connectivity index (χ0n) is 15.9. The Hall–Kier alpha value is -3.36. The SMILES string of the molecule is OCCOc1cccc2c1C1(c3ccccc3-c3ccccc31)c1ccccc1-2. The van der Waals surface area contributed by atoms with E-state index >= 15 is 0 Å². The van der Waals surface area contributed by atoms with E-state index in [1.54, 1.807) is 0 Å². The number of aliphatic hydroxyl groups is 1. The van der Waals surface area contributed by atoms with E-state index in [0.717, 1.165) is 5.75 Å². The van der Waals surface area contributed by atoms with E-state index in [4.69, 9.17) is 4.74 Å². The summed E-state index contributed by atoms with van der Waals surface area (Å²) >= 11 is 0. The van der Waals surface area contributed by atoms with Crippen LogP contribution < -0.4 is 4.74 Å². The number of ether oxygens (including phenoxy) is 1. The maximum Gasteiger partial charge on any atom is 0.124 e. The predicted octanol–water partition coefficient (Wildman–Crippen LogP) is 5.40. The van der Waals surface area contributed by atoms with Gasteiger partial charge in [0.05, 0.1) is 12.0 Å². The molecular weight excluding hydrogens is 356 g/mol. The van der Waals surface area contributed by atoms with Gasteiger partial charge in [0.15, 0.2) is 0 Å². The molecule has 4 aromatic carbocycles. The van der Waals surface area contributed by atoms with Crippen LogP contribution in [0.15, 0.2) is 91.0 Å². The molecule has 0 bridgehead atoms. The van der Waals surface area contributed by atoms with Crippen molar-refractivity contribution in [1.29, 1.82) is 0 Å². The second-order valence-corrected chi connectivity index (χ2v) is 7.64. The molecular formula is C27H20O2. The van der Waals surface area contributed by atoms with Gasteiger partial charge < -0.3 is 9.84 Å². The van der Waals surface area contributed by atoms with Crippen LogP contribution in [0, 0.1) is 0 Å². The first-order valence-electron chi connectivity index (χ1n) is 10.0. The molecule has 2 aliphatic carbocycles. The molecule has 1 spiro atoms. The lowest BCUT2D eigenvalue weighted by Gasteiger charge is -2.31. The van der Waals surface area contributed by atoms with Crippen LogP contribution >= 0.6 is 0 Å². The molecule has 0 heterocycles. The topological polar surface area (TPSA) is 29.5 Å². The van der Waals surface area contributed by atoms with Gasteiger partial charge in [-0.2, -0.15) is 0 Å². The van der Waals surface area contributed by atoms with Crippen molar-refractivity contribution in [3.63, 3.8) is 0 Å². The Morgan fingerprint density at radius 2 is 1.07 bits per heavy atom. The molecule has 0 radical (unpaired) electrons. The summed E-state index contributed by atoms with van der Waals surface area (Å²) in [6.07, 6.45) is 0. The van der Waals surface area contributed by atoms with Gasteiger partial charge in [-0.05, 0) is 45.0 Å². The van der Waals surface area contributed by atoms with E-state index < -0.39 is 5.41 Å². The molecule has 4 aromatic rings. The van der Waals surface area contributed by atoms with Gasteiger partial charge in [-0.1, -0.05) is 84.9 Å². The highest BCUT2D eigenvalue weighted by Crippen LogP contribution is 2.64. The van der Waals surface area contributed by atoms with Crippen LogP contribution in [0.25, 0.3) is 22.3 Å². The summed E-state index contributed by atoms with van der Waals surface area (Å²) in [7, 11) is 0. The highest BCUT2D eigenvalue weighted by molar-refractivity contribution is 5.96. The molecule has 0 amide bonds. The smallest absolute Gasteiger partial charge is 0.124 e. The van der Waals surface area contributed by atoms with Gasteiger partial charge in [-0.25, -0.2) is 0 Å². The molecule has 0 aliphatic heterocycles. The first kappa shape index (κ1) is 16.6. The highest BCUT2D eigenvalue weighted by Gasteiger charge is 2.52. The Labute approximate surface area is 170 Å². The molecule has 140 valence electrons. The molecule has 0 saturated heterocycles. The third-order valence-corrected chi connectivity index (χ3v) is 6.32. The molecule has 0 fully saturated rings. The van der Waals surface area contributed by atoms with E-state index in [0.29, 0.717) is 0 Å². The third kappa shape index (κ3) is 1.99. The lowest BCUT2D eigenvalue weighted by Crippen LogP contribution is -2.26. The van der Waals surface area contributed by atoms with E-state index in [1.807, 2.05) is 12.1 Å². The number of aliphatic hydroxyl groups excluding tert-OH is 1. The first-order valence-corrected chi connectivity index (χ1v) is 10.0. The summed E-state index contributed by atoms with van der Waals surface area (Å²) in [6, 6.07) is 32.4. The van der Waals surface area contributed by atoms with Crippen LogP contribution in [0.5, 0.6) is 5.75 Å². The van der Waals surface area contributed by atoms with Crippen molar-refractivity contribution in [3.05, 3.63) is 113 Å². The van der Waals surface area contributed by atoms with Gasteiger partial charge in [0, 0.05) is 5.56 Å². The fourth-order valence-electron chi connectivity index (χ4n) is 5.39. The Bertz CT molecular complexity index is 1190. The molecule has 6 rings (SSSR count). The molecule has 0 unspecified atom stereocenters. The van der Waals surface area contributed by atoms with E-state index in [2.05, 4.69) is 78.9 Å². The van der Waals surface area contributed by atoms with Gasteiger partial charge in [-0.3, -0.25) is 0 Å². The molecule has 2 heteroatoms. The number of hydrogen-bond donors (Lipinski definition) is 1. The molecule has 29 heavy (non-hydrogen) atoms. The largest absolute Gasteiger partial charge is 0.491 e. The average Bonchev–Trinajstić information content (AvgIpc) is 3.25. The zero-order chi connectivity index (χ0) is 19.4. The van der Waals surface area contributed by atoms with Crippen LogP contribution in [0.2, 0.25) is 0 Å². The maximum absolute atomic E-state index is 9.40. The highest BCUT2D eigenvalue weighted by atomic mass is 16.5. The lowest BCUT2D eigenvalue weighted by atomic mass is 9.70. The summed E-state index contributed by atoms with van der Waals surface area (Å²) in [5, 5.41) is 9.40. The minimum absolute atomic E-state index is 0.00318. The van der Waals surface area contributed by atoms with Crippen molar-refractivity contribution >= 4 is 0 Å². The third-order valence-electron chi connectivity index (χ3n) is 6.32. The quantitative estimate of drug-likeness (QED) is 0.448. The van der Waals surface area contributed by atoms with Crippen molar-refractivity contribution in [2.24, 2.45) is 0 Å². The minimum atomic E-state index is -0.398. The summed E-state index contributed by atoms with van der Waals surface area (Å²) in [4.78, 5) is 0. The summed E-state index contributed by atoms with van der Waals surface area (Å²) in [5.41, 5.74) is 9.71. The maximum atomic E-state index is 9.40. The van der Waals surface area contributed by atoms with E-state index in [9.17, 15) is 5.11 Å². The molecule has 0 atom stereocenters. The molecule has 1 N–H and O–H groups in total. The van der Waals surface area contributed by atoms with Gasteiger partial charge in [0.25, 0.3) is 0 Å². The number of rotatable bonds is 3. The van der Waals surface area contributed by atoms with Crippen LogP contribution in [-0.2, 0) is 5.41 Å². The average molecular weight is 376 g/mol. The Kier molecular flexibility index (Phi) is 3.47. The molecule has 0 aromatic heterocycles. The van der Waals surface area contributed by atoms with Gasteiger partial charge >= 0.3 is 0 Å². The molecule has 2 nitrogen and oxygen atoms in total. The standard InChI is InChI=1S/C27H20O2/c28-16-17-29-25-15-7-11-21-20-10-3-6-14-24(20)27(26(21)25)22-12-4-1-8-18(22)19-9-2-5-13-23(19)27/h1-15,28H,16-17H2. The summed E-state index contributed by atoms with van der Waals surface area (Å²) in [6.45, 7) is 0.281. The van der Waals surface area contributed by atoms with Crippen LogP contribution in [0.4, 0.5) is 0 Å². The second-order valence-electron chi connectivity index (χ2n) is 7.64. The van der Waals surface area contributed by atoms with E-state index in [-0.39, 0.29) is 13.2 Å². The van der Waals surface area contributed by atoms with Crippen LogP contribution in [-0.4, -0.2) is 18.3 Å². The van der Waals surface area contributed by atoms with Gasteiger partial charge in [-0.15, -0.1) is 0 Å². The van der Waals surface area contributed by atoms with Crippen molar-refractivity contribution in [2.75, 3.05) is 13.2 Å². The monoisotopic (exact) mass is 376 g/mol. The van der Waals surface area contributed by atoms with E-state index in [1.165, 1.54) is 44.5 Å². The predicted molar refractivity (Wildman–Crippen MR) is 115 cm³/mol. The Morgan fingerprint density at radius 3 is 1.62 bits per heavy atom. The normalized spacial score (nSPS) is 14.2. The van der Waals surface area contributed by atoms with Crippen molar-refractivity contribution in [2.45, 2.75) is 5.41 Å². The Morgan fingerprint density at radius 1 is 0.586 bits per heavy atom. The summed E-state index contributed by atoms with van der Waals surface area (Å²) < 4.78 is 6.10. The number of benzene rings is 4. The molecule has 2 aliphatic rings. The van der Waals surface area contributed by atoms with Gasteiger partial charge in [0.2, 0.25) is 0 Å². The first-order chi connectivity index (χ1) is 14.4. The van der Waals surface area contributed by atoms with Crippen molar-refractivity contribution < 1.29 is 9.84 Å². The number of hydrogen-bond acceptors (Lipinski definition) is 2. The fraction of sp³-hybridized carbons (Fsp3) is 0.111. The second kappa shape index (κ2) is 6.07. The Balaban J connectivity index is 1.80. The minimum Gasteiger partial charge on any atom is -0.491 e. The number of fused-ring (bicyclic) bond motifs is 10. The van der Waals surface area contributed by atoms with Crippen LogP contribution in [0.3, 0.4) is 0 Å². The van der Waals surface area contributed by atoms with Crippen molar-refractivity contribution in [3.8, 4) is 28.0 Å². The fourth-order valence-corrected chi connectivity index (χ4v) is 5.39.